The molecule has 2 heterocycles. The Bertz CT molecular complexity index is 696. The van der Waals surface area contributed by atoms with Crippen molar-refractivity contribution in [1.29, 1.82) is 0 Å². The summed E-state index contributed by atoms with van der Waals surface area (Å²) in [6.45, 7) is 5.64. The highest BCUT2D eigenvalue weighted by atomic mass is 19.1. The maximum atomic E-state index is 13.0. The summed E-state index contributed by atoms with van der Waals surface area (Å²) in [6.07, 6.45) is 4.36. The molecular formula is C21H27FN2O3. The van der Waals surface area contributed by atoms with Gasteiger partial charge < -0.3 is 14.9 Å². The summed E-state index contributed by atoms with van der Waals surface area (Å²) in [7, 11) is 0. The summed E-state index contributed by atoms with van der Waals surface area (Å²) < 4.78 is 13.0. The van der Waals surface area contributed by atoms with E-state index in [9.17, 15) is 19.1 Å². The van der Waals surface area contributed by atoms with Crippen molar-refractivity contribution in [3.8, 4) is 0 Å². The van der Waals surface area contributed by atoms with Crippen LogP contribution in [-0.4, -0.2) is 58.5 Å². The zero-order valence-corrected chi connectivity index (χ0v) is 15.6. The summed E-state index contributed by atoms with van der Waals surface area (Å²) in [6, 6.07) is 6.18. The van der Waals surface area contributed by atoms with Gasteiger partial charge in [-0.2, -0.15) is 0 Å². The van der Waals surface area contributed by atoms with Gasteiger partial charge in [0.05, 0.1) is 11.5 Å². The molecule has 2 fully saturated rings. The number of rotatable bonds is 4. The SMILES string of the molecule is C=CC(=O)N1CCCC(C(=O)N2CCC(O)(Cc3ccc(F)cc3)CC2)C1. The van der Waals surface area contributed by atoms with Gasteiger partial charge in [-0.25, -0.2) is 4.39 Å². The van der Waals surface area contributed by atoms with Crippen LogP contribution in [0.25, 0.3) is 0 Å². The van der Waals surface area contributed by atoms with E-state index in [0.29, 0.717) is 45.4 Å². The largest absolute Gasteiger partial charge is 0.389 e. The average molecular weight is 374 g/mol. The van der Waals surface area contributed by atoms with Crippen molar-refractivity contribution < 1.29 is 19.1 Å². The van der Waals surface area contributed by atoms with Crippen LogP contribution in [0.15, 0.2) is 36.9 Å². The third-order valence-corrected chi connectivity index (χ3v) is 5.71. The van der Waals surface area contributed by atoms with Gasteiger partial charge in [-0.05, 0) is 49.5 Å². The minimum atomic E-state index is -0.869. The molecule has 0 spiro atoms. The van der Waals surface area contributed by atoms with E-state index in [0.717, 1.165) is 18.4 Å². The van der Waals surface area contributed by atoms with Gasteiger partial charge in [0.15, 0.2) is 0 Å². The van der Waals surface area contributed by atoms with Crippen molar-refractivity contribution in [2.24, 2.45) is 5.92 Å². The normalized spacial score (nSPS) is 22.4. The third-order valence-electron chi connectivity index (χ3n) is 5.71. The van der Waals surface area contributed by atoms with E-state index in [1.54, 1.807) is 17.0 Å². The second-order valence-electron chi connectivity index (χ2n) is 7.68. The number of halogens is 1. The number of aliphatic hydroxyl groups is 1. The number of benzene rings is 1. The quantitative estimate of drug-likeness (QED) is 0.822. The lowest BCUT2D eigenvalue weighted by atomic mass is 9.84. The van der Waals surface area contributed by atoms with Crippen molar-refractivity contribution in [1.82, 2.24) is 9.80 Å². The molecule has 1 unspecified atom stereocenters. The van der Waals surface area contributed by atoms with Crippen LogP contribution in [-0.2, 0) is 16.0 Å². The van der Waals surface area contributed by atoms with E-state index in [4.69, 9.17) is 0 Å². The molecule has 0 saturated carbocycles. The Balaban J connectivity index is 1.54. The fraction of sp³-hybridized carbons (Fsp3) is 0.524. The van der Waals surface area contributed by atoms with Gasteiger partial charge in [0.1, 0.15) is 5.82 Å². The molecule has 6 heteroatoms. The molecule has 1 N–H and O–H groups in total. The minimum absolute atomic E-state index is 0.0698. The molecule has 5 nitrogen and oxygen atoms in total. The van der Waals surface area contributed by atoms with Gasteiger partial charge in [-0.1, -0.05) is 18.7 Å². The second-order valence-corrected chi connectivity index (χ2v) is 7.68. The molecule has 0 radical (unpaired) electrons. The van der Waals surface area contributed by atoms with E-state index >= 15 is 0 Å². The molecule has 146 valence electrons. The van der Waals surface area contributed by atoms with Crippen LogP contribution in [0, 0.1) is 11.7 Å². The smallest absolute Gasteiger partial charge is 0.245 e. The van der Waals surface area contributed by atoms with Crippen molar-refractivity contribution in [3.05, 3.63) is 48.3 Å². The maximum Gasteiger partial charge on any atom is 0.245 e. The topological polar surface area (TPSA) is 60.9 Å². The van der Waals surface area contributed by atoms with Crippen molar-refractivity contribution in [3.63, 3.8) is 0 Å². The number of hydrogen-bond donors (Lipinski definition) is 1. The molecule has 27 heavy (non-hydrogen) atoms. The fourth-order valence-corrected chi connectivity index (χ4v) is 4.07. The average Bonchev–Trinajstić information content (AvgIpc) is 2.69. The van der Waals surface area contributed by atoms with E-state index in [1.165, 1.54) is 18.2 Å². The Morgan fingerprint density at radius 3 is 2.48 bits per heavy atom. The van der Waals surface area contributed by atoms with E-state index in [-0.39, 0.29) is 23.5 Å². The zero-order valence-electron chi connectivity index (χ0n) is 15.6. The lowest BCUT2D eigenvalue weighted by Gasteiger charge is -2.41. The van der Waals surface area contributed by atoms with Crippen LogP contribution < -0.4 is 0 Å². The maximum absolute atomic E-state index is 13.0. The highest BCUT2D eigenvalue weighted by molar-refractivity contribution is 5.88. The Morgan fingerprint density at radius 2 is 1.85 bits per heavy atom. The molecular weight excluding hydrogens is 347 g/mol. The van der Waals surface area contributed by atoms with Crippen LogP contribution in [0.3, 0.4) is 0 Å². The van der Waals surface area contributed by atoms with Gasteiger partial charge in [0, 0.05) is 32.6 Å². The summed E-state index contributed by atoms with van der Waals surface area (Å²) in [5.41, 5.74) is 0.0241. The van der Waals surface area contributed by atoms with E-state index < -0.39 is 5.60 Å². The van der Waals surface area contributed by atoms with Crippen molar-refractivity contribution in [2.75, 3.05) is 26.2 Å². The Hall–Kier alpha value is -2.21. The molecule has 1 aromatic carbocycles. The first-order valence-electron chi connectivity index (χ1n) is 9.57. The Labute approximate surface area is 159 Å². The van der Waals surface area contributed by atoms with Crippen LogP contribution in [0.4, 0.5) is 4.39 Å². The Morgan fingerprint density at radius 1 is 1.19 bits per heavy atom. The molecule has 2 aliphatic rings. The second kappa shape index (κ2) is 8.21. The van der Waals surface area contributed by atoms with Crippen LogP contribution in [0.2, 0.25) is 0 Å². The minimum Gasteiger partial charge on any atom is -0.389 e. The molecule has 2 aliphatic heterocycles. The van der Waals surface area contributed by atoms with Gasteiger partial charge in [0.2, 0.25) is 11.8 Å². The predicted octanol–water partition coefficient (Wildman–Crippen LogP) is 2.15. The standard InChI is InChI=1S/C21H27FN2O3/c1-2-19(25)24-11-3-4-17(15-24)20(26)23-12-9-21(27,10-13-23)14-16-5-7-18(22)8-6-16/h2,5-8,17,27H,1,3-4,9-15H2. The summed E-state index contributed by atoms with van der Waals surface area (Å²) in [4.78, 5) is 28.2. The molecule has 0 bridgehead atoms. The number of carbonyl (C=O) groups is 2. The van der Waals surface area contributed by atoms with Crippen LogP contribution >= 0.6 is 0 Å². The van der Waals surface area contributed by atoms with Crippen molar-refractivity contribution >= 4 is 11.8 Å². The summed E-state index contributed by atoms with van der Waals surface area (Å²) in [5, 5.41) is 10.9. The van der Waals surface area contributed by atoms with E-state index in [1.807, 2.05) is 4.90 Å². The molecule has 1 aromatic rings. The first-order chi connectivity index (χ1) is 12.9. The fourth-order valence-electron chi connectivity index (χ4n) is 4.07. The van der Waals surface area contributed by atoms with Crippen LogP contribution in [0.1, 0.15) is 31.2 Å². The first kappa shape index (κ1) is 19.5. The highest BCUT2D eigenvalue weighted by Crippen LogP contribution is 2.28. The number of nitrogens with zero attached hydrogens (tertiary/aromatic N) is 2. The van der Waals surface area contributed by atoms with Gasteiger partial charge in [0.25, 0.3) is 0 Å². The molecule has 1 atom stereocenters. The highest BCUT2D eigenvalue weighted by Gasteiger charge is 2.37. The van der Waals surface area contributed by atoms with Gasteiger partial charge >= 0.3 is 0 Å². The third kappa shape index (κ3) is 4.75. The molecule has 0 aromatic heterocycles. The number of likely N-dealkylation sites (tertiary alicyclic amines) is 2. The summed E-state index contributed by atoms with van der Waals surface area (Å²) in [5.74, 6) is -0.520. The van der Waals surface area contributed by atoms with E-state index in [2.05, 4.69) is 6.58 Å². The monoisotopic (exact) mass is 374 g/mol. The predicted molar refractivity (Wildman–Crippen MR) is 100 cm³/mol. The first-order valence-corrected chi connectivity index (χ1v) is 9.57. The summed E-state index contributed by atoms with van der Waals surface area (Å²) >= 11 is 0. The number of piperidine rings is 2. The lowest BCUT2D eigenvalue weighted by molar-refractivity contribution is -0.143. The Kier molecular flexibility index (Phi) is 5.95. The molecule has 2 amide bonds. The molecule has 3 rings (SSSR count). The van der Waals surface area contributed by atoms with Gasteiger partial charge in [-0.15, -0.1) is 0 Å². The number of hydrogen-bond acceptors (Lipinski definition) is 3. The lowest BCUT2D eigenvalue weighted by Crippen LogP contribution is -2.52. The zero-order chi connectivity index (χ0) is 19.4. The molecule has 2 saturated heterocycles. The number of amides is 2. The van der Waals surface area contributed by atoms with Crippen LogP contribution in [0.5, 0.6) is 0 Å². The van der Waals surface area contributed by atoms with Gasteiger partial charge in [-0.3, -0.25) is 9.59 Å². The number of carbonyl (C=O) groups excluding carboxylic acids is 2. The molecule has 0 aliphatic carbocycles. The van der Waals surface area contributed by atoms with Crippen molar-refractivity contribution in [2.45, 2.75) is 37.7 Å².